The highest BCUT2D eigenvalue weighted by Crippen LogP contribution is 2.32. The number of nitrogens with zero attached hydrogens (tertiary/aromatic N) is 2. The van der Waals surface area contributed by atoms with Gasteiger partial charge in [0.25, 0.3) is 11.1 Å². The van der Waals surface area contributed by atoms with Gasteiger partial charge >= 0.3 is 5.97 Å². The zero-order valence-electron chi connectivity index (χ0n) is 9.79. The van der Waals surface area contributed by atoms with E-state index >= 15 is 0 Å². The van der Waals surface area contributed by atoms with Crippen LogP contribution in [0, 0.1) is 0 Å². The molecule has 0 saturated carbocycles. The number of hydrogen-bond donors (Lipinski definition) is 1. The number of thioether (sulfide) groups is 1. The molecule has 2 aromatic rings. The highest BCUT2D eigenvalue weighted by molar-refractivity contribution is 7.99. The molecule has 2 rings (SSSR count). The van der Waals surface area contributed by atoms with Crippen LogP contribution < -0.4 is 4.74 Å². The van der Waals surface area contributed by atoms with Crippen LogP contribution in [-0.4, -0.2) is 34.1 Å². The SMILES string of the molecule is COc1cc(Cl)ccc1-c1nnc(SCC(=O)O)o1. The monoisotopic (exact) mass is 300 g/mol. The molecule has 0 unspecified atom stereocenters. The van der Waals surface area contributed by atoms with E-state index in [9.17, 15) is 4.79 Å². The Balaban J connectivity index is 2.25. The summed E-state index contributed by atoms with van der Waals surface area (Å²) in [5.74, 6) is -0.333. The Bertz CT molecular complexity index is 602. The fourth-order valence-corrected chi connectivity index (χ4v) is 1.99. The molecule has 0 aliphatic rings. The van der Waals surface area contributed by atoms with Gasteiger partial charge in [-0.05, 0) is 18.2 Å². The van der Waals surface area contributed by atoms with Gasteiger partial charge in [-0.3, -0.25) is 4.79 Å². The first-order chi connectivity index (χ1) is 9.10. The van der Waals surface area contributed by atoms with E-state index in [1.807, 2.05) is 0 Å². The van der Waals surface area contributed by atoms with Gasteiger partial charge in [0.1, 0.15) is 11.5 Å². The lowest BCUT2D eigenvalue weighted by Crippen LogP contribution is -1.97. The van der Waals surface area contributed by atoms with E-state index in [1.54, 1.807) is 18.2 Å². The zero-order valence-corrected chi connectivity index (χ0v) is 11.4. The van der Waals surface area contributed by atoms with Crippen molar-refractivity contribution in [1.82, 2.24) is 10.2 Å². The number of halogens is 1. The Hall–Kier alpha value is -1.73. The highest BCUT2D eigenvalue weighted by atomic mass is 35.5. The molecule has 0 saturated heterocycles. The lowest BCUT2D eigenvalue weighted by atomic mass is 10.2. The predicted octanol–water partition coefficient (Wildman–Crippen LogP) is 2.58. The standard InChI is InChI=1S/C11H9ClN2O4S/c1-17-8-4-6(12)2-3-7(8)10-13-14-11(18-10)19-5-9(15)16/h2-4H,5H2,1H3,(H,15,16). The van der Waals surface area contributed by atoms with Crippen LogP contribution in [0.25, 0.3) is 11.5 Å². The molecule has 0 atom stereocenters. The van der Waals surface area contributed by atoms with Crippen molar-refractivity contribution in [3.63, 3.8) is 0 Å². The van der Waals surface area contributed by atoms with Crippen LogP contribution in [0.2, 0.25) is 5.02 Å². The topological polar surface area (TPSA) is 85.5 Å². The first kappa shape index (κ1) is 13.7. The van der Waals surface area contributed by atoms with E-state index in [2.05, 4.69) is 10.2 Å². The Morgan fingerprint density at radius 1 is 1.53 bits per heavy atom. The summed E-state index contributed by atoms with van der Waals surface area (Å²) >= 11 is 6.81. The molecular weight excluding hydrogens is 292 g/mol. The maximum atomic E-state index is 10.4. The molecule has 0 amide bonds. The van der Waals surface area contributed by atoms with Gasteiger partial charge in [0.05, 0.1) is 12.7 Å². The van der Waals surface area contributed by atoms with Gasteiger partial charge in [0.15, 0.2) is 0 Å². The van der Waals surface area contributed by atoms with Gasteiger partial charge in [-0.2, -0.15) is 0 Å². The number of ether oxygens (including phenoxy) is 1. The number of carbonyl (C=O) groups is 1. The molecule has 0 aliphatic heterocycles. The quantitative estimate of drug-likeness (QED) is 0.849. The molecule has 1 heterocycles. The van der Waals surface area contributed by atoms with Gasteiger partial charge in [-0.15, -0.1) is 10.2 Å². The fourth-order valence-electron chi connectivity index (χ4n) is 1.34. The van der Waals surface area contributed by atoms with Crippen LogP contribution in [0.3, 0.4) is 0 Å². The van der Waals surface area contributed by atoms with Crippen molar-refractivity contribution in [3.05, 3.63) is 23.2 Å². The Morgan fingerprint density at radius 3 is 3.00 bits per heavy atom. The molecule has 100 valence electrons. The minimum absolute atomic E-state index is 0.139. The number of benzene rings is 1. The smallest absolute Gasteiger partial charge is 0.314 e. The largest absolute Gasteiger partial charge is 0.496 e. The first-order valence-electron chi connectivity index (χ1n) is 5.12. The van der Waals surface area contributed by atoms with Crippen molar-refractivity contribution in [1.29, 1.82) is 0 Å². The van der Waals surface area contributed by atoms with Crippen molar-refractivity contribution in [2.24, 2.45) is 0 Å². The molecule has 0 bridgehead atoms. The summed E-state index contributed by atoms with van der Waals surface area (Å²) in [4.78, 5) is 10.4. The molecule has 0 spiro atoms. The van der Waals surface area contributed by atoms with E-state index in [-0.39, 0.29) is 16.9 Å². The number of hydrogen-bond acceptors (Lipinski definition) is 6. The minimum atomic E-state index is -0.950. The second kappa shape index (κ2) is 5.94. The molecule has 6 nitrogen and oxygen atoms in total. The lowest BCUT2D eigenvalue weighted by Gasteiger charge is -2.04. The lowest BCUT2D eigenvalue weighted by molar-refractivity contribution is -0.133. The van der Waals surface area contributed by atoms with E-state index in [1.165, 1.54) is 7.11 Å². The van der Waals surface area contributed by atoms with E-state index in [4.69, 9.17) is 25.9 Å². The summed E-state index contributed by atoms with van der Waals surface area (Å²) in [6, 6.07) is 5.00. The maximum absolute atomic E-state index is 10.4. The van der Waals surface area contributed by atoms with Crippen molar-refractivity contribution in [3.8, 4) is 17.2 Å². The van der Waals surface area contributed by atoms with Gasteiger partial charge in [0, 0.05) is 5.02 Å². The third kappa shape index (κ3) is 3.39. The summed E-state index contributed by atoms with van der Waals surface area (Å²) in [6.07, 6.45) is 0. The Labute approximate surface area is 117 Å². The summed E-state index contributed by atoms with van der Waals surface area (Å²) in [5, 5.41) is 16.9. The summed E-state index contributed by atoms with van der Waals surface area (Å²) in [7, 11) is 1.51. The van der Waals surface area contributed by atoms with Crippen LogP contribution in [0.5, 0.6) is 5.75 Å². The first-order valence-corrected chi connectivity index (χ1v) is 6.48. The predicted molar refractivity (Wildman–Crippen MR) is 69.7 cm³/mol. The number of methoxy groups -OCH3 is 1. The van der Waals surface area contributed by atoms with E-state index < -0.39 is 5.97 Å². The van der Waals surface area contributed by atoms with Crippen LogP contribution in [-0.2, 0) is 4.79 Å². The van der Waals surface area contributed by atoms with Gasteiger partial charge < -0.3 is 14.3 Å². The molecule has 0 fully saturated rings. The summed E-state index contributed by atoms with van der Waals surface area (Å²) < 4.78 is 10.5. The average Bonchev–Trinajstić information content (AvgIpc) is 2.84. The van der Waals surface area contributed by atoms with Crippen LogP contribution in [0.1, 0.15) is 0 Å². The van der Waals surface area contributed by atoms with Crippen LogP contribution >= 0.6 is 23.4 Å². The molecule has 1 aromatic carbocycles. The average molecular weight is 301 g/mol. The number of rotatable bonds is 5. The molecule has 1 N–H and O–H groups in total. The van der Waals surface area contributed by atoms with E-state index in [0.29, 0.717) is 16.3 Å². The molecule has 0 radical (unpaired) electrons. The maximum Gasteiger partial charge on any atom is 0.314 e. The van der Waals surface area contributed by atoms with Crippen molar-refractivity contribution >= 4 is 29.3 Å². The summed E-state index contributed by atoms with van der Waals surface area (Å²) in [6.45, 7) is 0. The Morgan fingerprint density at radius 2 is 2.32 bits per heavy atom. The number of aromatic nitrogens is 2. The van der Waals surface area contributed by atoms with E-state index in [0.717, 1.165) is 11.8 Å². The number of carboxylic acids is 1. The van der Waals surface area contributed by atoms with Crippen LogP contribution in [0.4, 0.5) is 0 Å². The fraction of sp³-hybridized carbons (Fsp3) is 0.182. The second-order valence-corrected chi connectivity index (χ2v) is 4.76. The van der Waals surface area contributed by atoms with Crippen LogP contribution in [0.15, 0.2) is 27.8 Å². The third-order valence-electron chi connectivity index (χ3n) is 2.12. The normalized spacial score (nSPS) is 10.4. The summed E-state index contributed by atoms with van der Waals surface area (Å²) in [5.41, 5.74) is 0.599. The zero-order chi connectivity index (χ0) is 13.8. The van der Waals surface area contributed by atoms with Gasteiger partial charge in [-0.25, -0.2) is 0 Å². The van der Waals surface area contributed by atoms with Crippen molar-refractivity contribution < 1.29 is 19.1 Å². The van der Waals surface area contributed by atoms with Gasteiger partial charge in [0.2, 0.25) is 0 Å². The van der Waals surface area contributed by atoms with Crippen molar-refractivity contribution in [2.45, 2.75) is 5.22 Å². The molecule has 8 heteroatoms. The molecular formula is C11H9ClN2O4S. The Kier molecular flexibility index (Phi) is 4.28. The number of aliphatic carboxylic acids is 1. The minimum Gasteiger partial charge on any atom is -0.496 e. The molecule has 19 heavy (non-hydrogen) atoms. The van der Waals surface area contributed by atoms with Crippen molar-refractivity contribution in [2.75, 3.05) is 12.9 Å². The third-order valence-corrected chi connectivity index (χ3v) is 3.16. The number of carboxylic acid groups (broad SMARTS) is 1. The van der Waals surface area contributed by atoms with Gasteiger partial charge in [-0.1, -0.05) is 23.4 Å². The second-order valence-electron chi connectivity index (χ2n) is 3.40. The molecule has 0 aliphatic carbocycles. The molecule has 1 aromatic heterocycles. The highest BCUT2D eigenvalue weighted by Gasteiger charge is 2.14.